The van der Waals surface area contributed by atoms with Crippen LogP contribution < -0.4 is 0 Å². The van der Waals surface area contributed by atoms with Crippen LogP contribution in [0.2, 0.25) is 0 Å². The van der Waals surface area contributed by atoms with Crippen LogP contribution in [0.4, 0.5) is 0 Å². The molecule has 0 saturated carbocycles. The summed E-state index contributed by atoms with van der Waals surface area (Å²) >= 11 is 0. The number of carbonyl (C=O) groups excluding carboxylic acids is 2. The van der Waals surface area contributed by atoms with E-state index in [0.29, 0.717) is 24.2 Å². The molecule has 4 atom stereocenters. The minimum absolute atomic E-state index is 0.112. The number of fused-ring (bicyclic) bond motifs is 1. The fourth-order valence-electron chi connectivity index (χ4n) is 4.98. The number of benzene rings is 3. The SMILES string of the molecule is CC1(C)O[C@H]2[C@H](O1)[C@@H](COC(=O)c1ccccc1)N(Cc1ccccc1)C[C@@H]2OC(=O)c1ccccc1. The predicted octanol–water partition coefficient (Wildman–Crippen LogP) is 4.47. The summed E-state index contributed by atoms with van der Waals surface area (Å²) in [5.74, 6) is -1.68. The van der Waals surface area contributed by atoms with Crippen LogP contribution in [0.3, 0.4) is 0 Å². The van der Waals surface area contributed by atoms with Crippen molar-refractivity contribution in [2.24, 2.45) is 0 Å². The second kappa shape index (κ2) is 10.8. The molecule has 2 aliphatic rings. The summed E-state index contributed by atoms with van der Waals surface area (Å²) in [6, 6.07) is 27.5. The largest absolute Gasteiger partial charge is 0.460 e. The van der Waals surface area contributed by atoms with Gasteiger partial charge in [0.2, 0.25) is 0 Å². The van der Waals surface area contributed by atoms with Crippen LogP contribution >= 0.6 is 0 Å². The van der Waals surface area contributed by atoms with Crippen molar-refractivity contribution in [2.45, 2.75) is 50.5 Å². The molecule has 2 aliphatic heterocycles. The Balaban J connectivity index is 1.40. The molecule has 0 unspecified atom stereocenters. The maximum atomic E-state index is 13.0. The molecule has 0 amide bonds. The monoisotopic (exact) mass is 501 g/mol. The molecule has 7 heteroatoms. The minimum Gasteiger partial charge on any atom is -0.460 e. The van der Waals surface area contributed by atoms with Gasteiger partial charge in [-0.3, -0.25) is 4.90 Å². The van der Waals surface area contributed by atoms with Crippen molar-refractivity contribution in [1.29, 1.82) is 0 Å². The lowest BCUT2D eigenvalue weighted by atomic mass is 9.93. The lowest BCUT2D eigenvalue weighted by Crippen LogP contribution is -2.62. The normalized spacial score (nSPS) is 24.7. The Kier molecular flexibility index (Phi) is 7.37. The van der Waals surface area contributed by atoms with Crippen molar-refractivity contribution in [3.63, 3.8) is 0 Å². The molecule has 2 fully saturated rings. The van der Waals surface area contributed by atoms with Gasteiger partial charge in [0.05, 0.1) is 17.2 Å². The van der Waals surface area contributed by atoms with Crippen LogP contribution in [0.25, 0.3) is 0 Å². The highest BCUT2D eigenvalue weighted by molar-refractivity contribution is 5.89. The van der Waals surface area contributed by atoms with Gasteiger partial charge < -0.3 is 18.9 Å². The van der Waals surface area contributed by atoms with Crippen molar-refractivity contribution >= 4 is 11.9 Å². The average Bonchev–Trinajstić information content (AvgIpc) is 3.25. The summed E-state index contributed by atoms with van der Waals surface area (Å²) in [4.78, 5) is 27.9. The van der Waals surface area contributed by atoms with Gasteiger partial charge in [-0.15, -0.1) is 0 Å². The smallest absolute Gasteiger partial charge is 0.338 e. The van der Waals surface area contributed by atoms with Crippen molar-refractivity contribution in [2.75, 3.05) is 13.2 Å². The Morgan fingerprint density at radius 2 is 1.35 bits per heavy atom. The van der Waals surface area contributed by atoms with Crippen molar-refractivity contribution in [1.82, 2.24) is 4.90 Å². The topological polar surface area (TPSA) is 74.3 Å². The van der Waals surface area contributed by atoms with Gasteiger partial charge in [0.1, 0.15) is 24.9 Å². The highest BCUT2D eigenvalue weighted by atomic mass is 16.8. The molecule has 3 aromatic rings. The molecular formula is C30H31NO6. The summed E-state index contributed by atoms with van der Waals surface area (Å²) in [5, 5.41) is 0. The highest BCUT2D eigenvalue weighted by Crippen LogP contribution is 2.38. The van der Waals surface area contributed by atoms with Crippen molar-refractivity contribution < 1.29 is 28.5 Å². The maximum absolute atomic E-state index is 13.0. The van der Waals surface area contributed by atoms with Gasteiger partial charge in [-0.05, 0) is 43.7 Å². The van der Waals surface area contributed by atoms with Gasteiger partial charge in [0.15, 0.2) is 5.79 Å². The summed E-state index contributed by atoms with van der Waals surface area (Å²) in [6.45, 7) is 4.77. The van der Waals surface area contributed by atoms with Gasteiger partial charge in [-0.1, -0.05) is 66.7 Å². The zero-order chi connectivity index (χ0) is 25.8. The summed E-state index contributed by atoms with van der Waals surface area (Å²) in [7, 11) is 0. The fraction of sp³-hybridized carbons (Fsp3) is 0.333. The molecule has 0 spiro atoms. The molecule has 2 heterocycles. The Bertz CT molecular complexity index is 1200. The molecule has 0 aromatic heterocycles. The van der Waals surface area contributed by atoms with Crippen LogP contribution in [0.1, 0.15) is 40.1 Å². The molecule has 0 radical (unpaired) electrons. The molecule has 3 aromatic carbocycles. The van der Waals surface area contributed by atoms with Gasteiger partial charge in [0, 0.05) is 13.1 Å². The Morgan fingerprint density at radius 1 is 0.811 bits per heavy atom. The molecule has 0 N–H and O–H groups in total. The minimum atomic E-state index is -0.878. The number of rotatable bonds is 7. The first-order chi connectivity index (χ1) is 17.9. The zero-order valence-corrected chi connectivity index (χ0v) is 21.0. The second-order valence-corrected chi connectivity index (χ2v) is 9.82. The van der Waals surface area contributed by atoms with E-state index >= 15 is 0 Å². The van der Waals surface area contributed by atoms with Gasteiger partial charge in [-0.25, -0.2) is 9.59 Å². The summed E-state index contributed by atoms with van der Waals surface area (Å²) in [5.41, 5.74) is 2.06. The molecule has 0 aliphatic carbocycles. The van der Waals surface area contributed by atoms with Crippen molar-refractivity contribution in [3.8, 4) is 0 Å². The van der Waals surface area contributed by atoms with Crippen LogP contribution in [-0.4, -0.2) is 60.1 Å². The molecule has 5 rings (SSSR count). The van der Waals surface area contributed by atoms with Gasteiger partial charge in [-0.2, -0.15) is 0 Å². The summed E-state index contributed by atoms with van der Waals surface area (Å²) in [6.07, 6.45) is -1.54. The molecule has 0 bridgehead atoms. The Hall–Kier alpha value is -3.52. The number of likely N-dealkylation sites (tertiary alicyclic amines) is 1. The van der Waals surface area contributed by atoms with Crippen molar-refractivity contribution in [3.05, 3.63) is 108 Å². The number of ether oxygens (including phenoxy) is 4. The lowest BCUT2D eigenvalue weighted by Gasteiger charge is -2.44. The second-order valence-electron chi connectivity index (χ2n) is 9.82. The van der Waals surface area contributed by atoms with Crippen LogP contribution in [0, 0.1) is 0 Å². The first-order valence-corrected chi connectivity index (χ1v) is 12.5. The number of hydrogen-bond acceptors (Lipinski definition) is 7. The molecule has 7 nitrogen and oxygen atoms in total. The number of nitrogens with zero attached hydrogens (tertiary/aromatic N) is 1. The van der Waals surface area contributed by atoms with E-state index in [9.17, 15) is 9.59 Å². The zero-order valence-electron chi connectivity index (χ0n) is 21.0. The quantitative estimate of drug-likeness (QED) is 0.442. The van der Waals surface area contributed by atoms with E-state index in [1.165, 1.54) is 0 Å². The standard InChI is InChI=1S/C30H31NO6/c1-30(2)36-26-24(20-34-28(32)22-14-8-4-9-15-22)31(18-21-12-6-3-7-13-21)19-25(27(26)37-30)35-29(33)23-16-10-5-11-17-23/h3-17,24-27H,18-20H2,1-2H3/t24-,25+,26-,27-/m1/s1. The maximum Gasteiger partial charge on any atom is 0.338 e. The molecule has 37 heavy (non-hydrogen) atoms. The van der Waals surface area contributed by atoms with E-state index in [0.717, 1.165) is 5.56 Å². The number of esters is 2. The van der Waals surface area contributed by atoms with E-state index < -0.39 is 36.0 Å². The van der Waals surface area contributed by atoms with Gasteiger partial charge >= 0.3 is 11.9 Å². The first-order valence-electron chi connectivity index (χ1n) is 12.5. The number of hydrogen-bond donors (Lipinski definition) is 0. The van der Waals surface area contributed by atoms with E-state index in [4.69, 9.17) is 18.9 Å². The fourth-order valence-corrected chi connectivity index (χ4v) is 4.98. The third kappa shape index (κ3) is 5.91. The Morgan fingerprint density at radius 3 is 1.97 bits per heavy atom. The number of carbonyl (C=O) groups is 2. The van der Waals surface area contributed by atoms with E-state index in [2.05, 4.69) is 4.90 Å². The number of piperidine rings is 1. The van der Waals surface area contributed by atoms with E-state index in [-0.39, 0.29) is 12.6 Å². The first kappa shape index (κ1) is 25.1. The van der Waals surface area contributed by atoms with Crippen LogP contribution in [0.5, 0.6) is 0 Å². The van der Waals surface area contributed by atoms with E-state index in [1.807, 2.05) is 56.3 Å². The average molecular weight is 502 g/mol. The van der Waals surface area contributed by atoms with Crippen LogP contribution in [0.15, 0.2) is 91.0 Å². The van der Waals surface area contributed by atoms with Gasteiger partial charge in [0.25, 0.3) is 0 Å². The molecule has 192 valence electrons. The third-order valence-corrected chi connectivity index (χ3v) is 6.68. The Labute approximate surface area is 216 Å². The van der Waals surface area contributed by atoms with Crippen LogP contribution in [-0.2, 0) is 25.5 Å². The van der Waals surface area contributed by atoms with E-state index in [1.54, 1.807) is 48.5 Å². The third-order valence-electron chi connectivity index (χ3n) is 6.68. The molecule has 2 saturated heterocycles. The molecular weight excluding hydrogens is 470 g/mol. The predicted molar refractivity (Wildman–Crippen MR) is 137 cm³/mol. The highest BCUT2D eigenvalue weighted by Gasteiger charge is 2.55. The summed E-state index contributed by atoms with van der Waals surface area (Å²) < 4.78 is 24.4. The lowest BCUT2D eigenvalue weighted by molar-refractivity contribution is -0.154.